The highest BCUT2D eigenvalue weighted by Gasteiger charge is 2.25. The molecule has 0 unspecified atom stereocenters. The Bertz CT molecular complexity index is 561. The summed E-state index contributed by atoms with van der Waals surface area (Å²) in [5, 5.41) is 4.18. The number of thiophene rings is 2. The number of amides is 1. The molecule has 0 aromatic carbocycles. The predicted molar refractivity (Wildman–Crippen MR) is 83.1 cm³/mol. The Morgan fingerprint density at radius 3 is 3.05 bits per heavy atom. The lowest BCUT2D eigenvalue weighted by Crippen LogP contribution is -2.39. The van der Waals surface area contributed by atoms with Crippen LogP contribution >= 0.6 is 34.4 Å². The molecule has 2 aromatic heterocycles. The van der Waals surface area contributed by atoms with Gasteiger partial charge in [-0.15, -0.1) is 34.4 Å². The summed E-state index contributed by atoms with van der Waals surface area (Å²) in [5.74, 6) is 0.259. The first-order valence-corrected chi connectivity index (χ1v) is 8.92. The monoisotopic (exact) mass is 309 g/mol. The highest BCUT2D eigenvalue weighted by Crippen LogP contribution is 2.30. The van der Waals surface area contributed by atoms with E-state index in [0.717, 1.165) is 19.5 Å². The molecule has 3 heterocycles. The summed E-state index contributed by atoms with van der Waals surface area (Å²) in [7, 11) is 0. The van der Waals surface area contributed by atoms with E-state index >= 15 is 0 Å². The van der Waals surface area contributed by atoms with Crippen LogP contribution in [0, 0.1) is 0 Å². The molecule has 1 aliphatic rings. The lowest BCUT2D eigenvalue weighted by Gasteiger charge is -2.29. The van der Waals surface area contributed by atoms with Crippen LogP contribution in [0.5, 0.6) is 0 Å². The Morgan fingerprint density at radius 1 is 1.37 bits per heavy atom. The van der Waals surface area contributed by atoms with Crippen molar-refractivity contribution in [3.8, 4) is 0 Å². The number of nitrogens with zero attached hydrogens (tertiary/aromatic N) is 1. The zero-order valence-corrected chi connectivity index (χ0v) is 13.1. The van der Waals surface area contributed by atoms with Gasteiger partial charge in [-0.3, -0.25) is 4.79 Å². The molecule has 3 rings (SSSR count). The summed E-state index contributed by atoms with van der Waals surface area (Å²) in [6, 6.07) is 6.26. The fourth-order valence-electron chi connectivity index (χ4n) is 2.25. The van der Waals surface area contributed by atoms with Crippen LogP contribution in [0.25, 0.3) is 0 Å². The number of thioether (sulfide) groups is 1. The van der Waals surface area contributed by atoms with E-state index in [4.69, 9.17) is 0 Å². The minimum absolute atomic E-state index is 0.00108. The molecule has 2 nitrogen and oxygen atoms in total. The first-order valence-electron chi connectivity index (χ1n) is 6.28. The fraction of sp³-hybridized carbons (Fsp3) is 0.357. The molecular weight excluding hydrogens is 294 g/mol. The van der Waals surface area contributed by atoms with E-state index in [1.807, 2.05) is 29.2 Å². The molecule has 100 valence electrons. The smallest absolute Gasteiger partial charge is 0.236 e. The summed E-state index contributed by atoms with van der Waals surface area (Å²) in [4.78, 5) is 15.9. The maximum absolute atomic E-state index is 12.5. The van der Waals surface area contributed by atoms with Crippen molar-refractivity contribution in [2.75, 3.05) is 6.54 Å². The van der Waals surface area contributed by atoms with Crippen LogP contribution in [0.2, 0.25) is 0 Å². The van der Waals surface area contributed by atoms with E-state index < -0.39 is 0 Å². The van der Waals surface area contributed by atoms with Crippen LogP contribution in [0.1, 0.15) is 17.4 Å². The van der Waals surface area contributed by atoms with E-state index in [9.17, 15) is 4.79 Å². The third kappa shape index (κ3) is 2.88. The van der Waals surface area contributed by atoms with Crippen LogP contribution in [0.4, 0.5) is 0 Å². The predicted octanol–water partition coefficient (Wildman–Crippen LogP) is 3.88. The van der Waals surface area contributed by atoms with Gasteiger partial charge in [0.25, 0.3) is 0 Å². The van der Waals surface area contributed by atoms with Crippen molar-refractivity contribution in [3.05, 3.63) is 39.4 Å². The molecule has 0 aliphatic carbocycles. The van der Waals surface area contributed by atoms with Gasteiger partial charge in [-0.2, -0.15) is 0 Å². The highest BCUT2D eigenvalue weighted by molar-refractivity contribution is 8.02. The molecule has 0 spiro atoms. The van der Waals surface area contributed by atoms with E-state index in [-0.39, 0.29) is 11.2 Å². The van der Waals surface area contributed by atoms with E-state index in [1.54, 1.807) is 23.1 Å². The van der Waals surface area contributed by atoms with Crippen LogP contribution < -0.4 is 0 Å². The fourth-order valence-corrected chi connectivity index (χ4v) is 5.16. The van der Waals surface area contributed by atoms with Gasteiger partial charge in [-0.1, -0.05) is 6.07 Å². The molecule has 1 amide bonds. The van der Waals surface area contributed by atoms with E-state index in [0.29, 0.717) is 0 Å². The average Bonchev–Trinajstić information content (AvgIpc) is 3.07. The Labute approximate surface area is 125 Å². The first-order chi connectivity index (χ1) is 9.24. The topological polar surface area (TPSA) is 20.3 Å². The second-order valence-electron chi connectivity index (χ2n) is 4.57. The number of hydrogen-bond acceptors (Lipinski definition) is 4. The van der Waals surface area contributed by atoms with Gasteiger partial charge in [0, 0.05) is 18.0 Å². The van der Waals surface area contributed by atoms with Gasteiger partial charge in [0.15, 0.2) is 0 Å². The molecule has 0 bridgehead atoms. The van der Waals surface area contributed by atoms with E-state index in [2.05, 4.69) is 22.9 Å². The van der Waals surface area contributed by atoms with Crippen molar-refractivity contribution in [1.82, 2.24) is 4.90 Å². The van der Waals surface area contributed by atoms with Gasteiger partial charge in [0.2, 0.25) is 5.91 Å². The third-order valence-corrected chi connectivity index (χ3v) is 6.44. The van der Waals surface area contributed by atoms with Crippen molar-refractivity contribution in [3.63, 3.8) is 0 Å². The molecule has 0 radical (unpaired) electrons. The normalized spacial score (nSPS) is 16.2. The quantitative estimate of drug-likeness (QED) is 0.802. The van der Waals surface area contributed by atoms with Crippen LogP contribution in [0.3, 0.4) is 0 Å². The van der Waals surface area contributed by atoms with Crippen LogP contribution in [-0.4, -0.2) is 22.6 Å². The van der Waals surface area contributed by atoms with Gasteiger partial charge in [0.05, 0.1) is 9.46 Å². The average molecular weight is 309 g/mol. The molecule has 19 heavy (non-hydrogen) atoms. The summed E-state index contributed by atoms with van der Waals surface area (Å²) in [6.45, 7) is 3.66. The van der Waals surface area contributed by atoms with Gasteiger partial charge < -0.3 is 4.90 Å². The van der Waals surface area contributed by atoms with Gasteiger partial charge >= 0.3 is 0 Å². The van der Waals surface area contributed by atoms with Crippen molar-refractivity contribution < 1.29 is 4.79 Å². The molecule has 0 saturated heterocycles. The number of rotatable bonds is 3. The molecule has 1 atom stereocenters. The summed E-state index contributed by atoms with van der Waals surface area (Å²) in [6.07, 6.45) is 1.01. The second kappa shape index (κ2) is 5.69. The van der Waals surface area contributed by atoms with Crippen LogP contribution in [-0.2, 0) is 17.8 Å². The Kier molecular flexibility index (Phi) is 3.96. The number of fused-ring (bicyclic) bond motifs is 1. The Morgan fingerprint density at radius 2 is 2.26 bits per heavy atom. The molecule has 0 N–H and O–H groups in total. The number of hydrogen-bond donors (Lipinski definition) is 0. The summed E-state index contributed by atoms with van der Waals surface area (Å²) >= 11 is 5.17. The SMILES string of the molecule is C[C@H](Sc1cccs1)C(=O)N1CCc2sccc2C1. The Hall–Kier alpha value is -0.780. The highest BCUT2D eigenvalue weighted by atomic mass is 32.2. The maximum atomic E-state index is 12.5. The standard InChI is InChI=1S/C14H15NOS3/c1-10(19-13-3-2-7-18-13)14(16)15-6-4-12-11(9-15)5-8-17-12/h2-3,5,7-8,10H,4,6,9H2,1H3/t10-/m0/s1. The molecule has 5 heteroatoms. The largest absolute Gasteiger partial charge is 0.337 e. The third-order valence-electron chi connectivity index (χ3n) is 3.26. The zero-order chi connectivity index (χ0) is 13.2. The number of carbonyl (C=O) groups is 1. The number of carbonyl (C=O) groups excluding carboxylic acids is 1. The molecule has 0 fully saturated rings. The molecule has 0 saturated carbocycles. The molecule has 1 aliphatic heterocycles. The van der Waals surface area contributed by atoms with Crippen molar-refractivity contribution in [2.45, 2.75) is 29.3 Å². The first kappa shape index (κ1) is 13.2. The van der Waals surface area contributed by atoms with Crippen molar-refractivity contribution >= 4 is 40.3 Å². The second-order valence-corrected chi connectivity index (χ2v) is 8.16. The van der Waals surface area contributed by atoms with Crippen molar-refractivity contribution in [1.29, 1.82) is 0 Å². The van der Waals surface area contributed by atoms with Crippen molar-refractivity contribution in [2.24, 2.45) is 0 Å². The Balaban J connectivity index is 1.65. The lowest BCUT2D eigenvalue weighted by atomic mass is 10.1. The van der Waals surface area contributed by atoms with Gasteiger partial charge in [-0.05, 0) is 41.8 Å². The molecule has 2 aromatic rings. The lowest BCUT2D eigenvalue weighted by molar-refractivity contribution is -0.131. The van der Waals surface area contributed by atoms with Crippen LogP contribution in [0.15, 0.2) is 33.2 Å². The zero-order valence-electron chi connectivity index (χ0n) is 10.7. The minimum atomic E-state index is -0.00108. The van der Waals surface area contributed by atoms with Gasteiger partial charge in [-0.25, -0.2) is 0 Å². The van der Waals surface area contributed by atoms with Gasteiger partial charge in [0.1, 0.15) is 0 Å². The maximum Gasteiger partial charge on any atom is 0.236 e. The molecular formula is C14H15NOS3. The van der Waals surface area contributed by atoms with E-state index in [1.165, 1.54) is 14.6 Å². The summed E-state index contributed by atoms with van der Waals surface area (Å²) < 4.78 is 1.22. The minimum Gasteiger partial charge on any atom is -0.337 e. The summed E-state index contributed by atoms with van der Waals surface area (Å²) in [5.41, 5.74) is 1.33.